The fourth-order valence-corrected chi connectivity index (χ4v) is 3.92. The van der Waals surface area contributed by atoms with Crippen molar-refractivity contribution in [1.29, 1.82) is 0 Å². The summed E-state index contributed by atoms with van der Waals surface area (Å²) >= 11 is 3.46. The SMILES string of the molecule is Cc1nn(Cc2ccccc2)c(C)c1CNC(=O)c1oc2ccc(Br)cc2c1C. The van der Waals surface area contributed by atoms with Gasteiger partial charge in [0, 0.05) is 33.2 Å². The van der Waals surface area contributed by atoms with Crippen molar-refractivity contribution in [2.24, 2.45) is 0 Å². The van der Waals surface area contributed by atoms with Crippen LogP contribution in [0.15, 0.2) is 57.4 Å². The van der Waals surface area contributed by atoms with Crippen LogP contribution >= 0.6 is 15.9 Å². The van der Waals surface area contributed by atoms with E-state index < -0.39 is 0 Å². The molecule has 4 aromatic rings. The largest absolute Gasteiger partial charge is 0.451 e. The maximum atomic E-state index is 12.8. The van der Waals surface area contributed by atoms with Gasteiger partial charge in [-0.1, -0.05) is 46.3 Å². The summed E-state index contributed by atoms with van der Waals surface area (Å²) in [6.07, 6.45) is 0. The zero-order chi connectivity index (χ0) is 20.5. The number of carbonyl (C=O) groups excluding carboxylic acids is 1. The Morgan fingerprint density at radius 2 is 1.90 bits per heavy atom. The molecule has 0 unspecified atom stereocenters. The number of furan rings is 1. The lowest BCUT2D eigenvalue weighted by molar-refractivity contribution is 0.0924. The number of amides is 1. The third-order valence-electron chi connectivity index (χ3n) is 5.24. The topological polar surface area (TPSA) is 60.1 Å². The second kappa shape index (κ2) is 7.87. The van der Waals surface area contributed by atoms with E-state index in [0.29, 0.717) is 24.4 Å². The van der Waals surface area contributed by atoms with Gasteiger partial charge in [0.1, 0.15) is 5.58 Å². The van der Waals surface area contributed by atoms with Gasteiger partial charge in [-0.2, -0.15) is 5.10 Å². The lowest BCUT2D eigenvalue weighted by Crippen LogP contribution is -2.23. The molecule has 0 aliphatic carbocycles. The summed E-state index contributed by atoms with van der Waals surface area (Å²) in [4.78, 5) is 12.8. The maximum absolute atomic E-state index is 12.8. The monoisotopic (exact) mass is 451 g/mol. The van der Waals surface area contributed by atoms with Crippen LogP contribution in [0.2, 0.25) is 0 Å². The molecule has 148 valence electrons. The maximum Gasteiger partial charge on any atom is 0.287 e. The van der Waals surface area contributed by atoms with Crippen molar-refractivity contribution in [3.63, 3.8) is 0 Å². The van der Waals surface area contributed by atoms with E-state index in [1.807, 2.05) is 61.9 Å². The van der Waals surface area contributed by atoms with Crippen LogP contribution in [-0.2, 0) is 13.1 Å². The first-order chi connectivity index (χ1) is 13.9. The Hall–Kier alpha value is -2.86. The van der Waals surface area contributed by atoms with E-state index in [2.05, 4.69) is 38.5 Å². The standard InChI is InChI=1S/C23H22BrN3O2/c1-14-19-11-18(24)9-10-21(19)29-22(14)23(28)25-12-20-15(2)26-27(16(20)3)13-17-7-5-4-6-8-17/h4-11H,12-13H2,1-3H3,(H,25,28). The van der Waals surface area contributed by atoms with Crippen LogP contribution in [0, 0.1) is 20.8 Å². The molecule has 0 spiro atoms. The van der Waals surface area contributed by atoms with Gasteiger partial charge >= 0.3 is 0 Å². The van der Waals surface area contributed by atoms with E-state index in [0.717, 1.165) is 32.4 Å². The molecule has 0 aliphatic heterocycles. The quantitative estimate of drug-likeness (QED) is 0.447. The third kappa shape index (κ3) is 3.85. The van der Waals surface area contributed by atoms with E-state index in [1.165, 1.54) is 5.56 Å². The van der Waals surface area contributed by atoms with Crippen LogP contribution in [0.4, 0.5) is 0 Å². The average Bonchev–Trinajstić information content (AvgIpc) is 3.17. The third-order valence-corrected chi connectivity index (χ3v) is 5.73. The predicted octanol–water partition coefficient (Wildman–Crippen LogP) is 5.30. The fourth-order valence-electron chi connectivity index (χ4n) is 3.56. The number of halogens is 1. The predicted molar refractivity (Wildman–Crippen MR) is 117 cm³/mol. The smallest absolute Gasteiger partial charge is 0.287 e. The van der Waals surface area contributed by atoms with Gasteiger partial charge in [-0.25, -0.2) is 0 Å². The molecule has 0 fully saturated rings. The molecule has 5 nitrogen and oxygen atoms in total. The molecule has 29 heavy (non-hydrogen) atoms. The minimum Gasteiger partial charge on any atom is -0.451 e. The Morgan fingerprint density at radius 3 is 2.66 bits per heavy atom. The van der Waals surface area contributed by atoms with E-state index in [1.54, 1.807) is 0 Å². The fraction of sp³-hybridized carbons (Fsp3) is 0.217. The lowest BCUT2D eigenvalue weighted by atomic mass is 10.1. The molecule has 0 aliphatic rings. The van der Waals surface area contributed by atoms with Crippen molar-refractivity contribution in [2.75, 3.05) is 0 Å². The van der Waals surface area contributed by atoms with Gasteiger partial charge in [0.05, 0.1) is 12.2 Å². The van der Waals surface area contributed by atoms with E-state index in [-0.39, 0.29) is 5.91 Å². The van der Waals surface area contributed by atoms with Crippen molar-refractivity contribution >= 4 is 32.8 Å². The Balaban J connectivity index is 1.52. The second-order valence-electron chi connectivity index (χ2n) is 7.17. The van der Waals surface area contributed by atoms with Crippen LogP contribution in [0.1, 0.15) is 38.6 Å². The first-order valence-corrected chi connectivity index (χ1v) is 10.3. The van der Waals surface area contributed by atoms with Gasteiger partial charge in [0.2, 0.25) is 0 Å². The van der Waals surface area contributed by atoms with Crippen LogP contribution in [0.5, 0.6) is 0 Å². The normalized spacial score (nSPS) is 11.2. The number of rotatable bonds is 5. The lowest BCUT2D eigenvalue weighted by Gasteiger charge is -2.07. The molecule has 4 rings (SSSR count). The summed E-state index contributed by atoms with van der Waals surface area (Å²) in [6, 6.07) is 16.0. The Kier molecular flexibility index (Phi) is 5.28. The Bertz CT molecular complexity index is 1190. The van der Waals surface area contributed by atoms with Crippen molar-refractivity contribution in [1.82, 2.24) is 15.1 Å². The van der Waals surface area contributed by atoms with Gasteiger partial charge in [0.25, 0.3) is 5.91 Å². The highest BCUT2D eigenvalue weighted by Crippen LogP contribution is 2.28. The molecule has 0 radical (unpaired) electrons. The summed E-state index contributed by atoms with van der Waals surface area (Å²) in [5.41, 5.74) is 5.75. The van der Waals surface area contributed by atoms with E-state index in [4.69, 9.17) is 4.42 Å². The number of fused-ring (bicyclic) bond motifs is 1. The highest BCUT2D eigenvalue weighted by Gasteiger charge is 2.19. The molecule has 2 aromatic carbocycles. The minimum absolute atomic E-state index is 0.218. The molecular weight excluding hydrogens is 430 g/mol. The van der Waals surface area contributed by atoms with Gasteiger partial charge in [0.15, 0.2) is 5.76 Å². The Morgan fingerprint density at radius 1 is 1.14 bits per heavy atom. The van der Waals surface area contributed by atoms with Crippen molar-refractivity contribution in [3.8, 4) is 0 Å². The molecule has 2 heterocycles. The second-order valence-corrected chi connectivity index (χ2v) is 8.09. The first kappa shape index (κ1) is 19.5. The average molecular weight is 452 g/mol. The molecule has 1 amide bonds. The van der Waals surface area contributed by atoms with Crippen LogP contribution in [-0.4, -0.2) is 15.7 Å². The number of aromatic nitrogens is 2. The van der Waals surface area contributed by atoms with Crippen LogP contribution < -0.4 is 5.32 Å². The van der Waals surface area contributed by atoms with Crippen molar-refractivity contribution < 1.29 is 9.21 Å². The molecule has 0 bridgehead atoms. The molecule has 0 saturated carbocycles. The number of carbonyl (C=O) groups is 1. The van der Waals surface area contributed by atoms with E-state index in [9.17, 15) is 4.79 Å². The molecular formula is C23H22BrN3O2. The highest BCUT2D eigenvalue weighted by atomic mass is 79.9. The highest BCUT2D eigenvalue weighted by molar-refractivity contribution is 9.10. The number of hydrogen-bond acceptors (Lipinski definition) is 3. The van der Waals surface area contributed by atoms with Crippen LogP contribution in [0.25, 0.3) is 11.0 Å². The molecule has 0 atom stereocenters. The first-order valence-electron chi connectivity index (χ1n) is 9.47. The molecule has 6 heteroatoms. The number of aryl methyl sites for hydroxylation is 2. The summed E-state index contributed by atoms with van der Waals surface area (Å²) in [5.74, 6) is 0.134. The van der Waals surface area contributed by atoms with Gasteiger partial charge < -0.3 is 9.73 Å². The van der Waals surface area contributed by atoms with Crippen LogP contribution in [0.3, 0.4) is 0 Å². The van der Waals surface area contributed by atoms with Gasteiger partial charge in [-0.15, -0.1) is 0 Å². The number of benzene rings is 2. The zero-order valence-electron chi connectivity index (χ0n) is 16.6. The Labute approximate surface area is 177 Å². The summed E-state index contributed by atoms with van der Waals surface area (Å²) in [5, 5.41) is 8.59. The molecule has 1 N–H and O–H groups in total. The van der Waals surface area contributed by atoms with Crippen molar-refractivity contribution in [3.05, 3.63) is 86.8 Å². The van der Waals surface area contributed by atoms with Crippen molar-refractivity contribution in [2.45, 2.75) is 33.9 Å². The molecule has 2 aromatic heterocycles. The van der Waals surface area contributed by atoms with E-state index >= 15 is 0 Å². The number of hydrogen-bond donors (Lipinski definition) is 1. The summed E-state index contributed by atoms with van der Waals surface area (Å²) < 4.78 is 8.73. The summed E-state index contributed by atoms with van der Waals surface area (Å²) in [7, 11) is 0. The number of nitrogens with zero attached hydrogens (tertiary/aromatic N) is 2. The van der Waals surface area contributed by atoms with Gasteiger partial charge in [-0.05, 0) is 44.5 Å². The number of nitrogens with one attached hydrogen (secondary N) is 1. The minimum atomic E-state index is -0.218. The summed E-state index contributed by atoms with van der Waals surface area (Å²) in [6.45, 7) is 7.03. The van der Waals surface area contributed by atoms with Gasteiger partial charge in [-0.3, -0.25) is 9.48 Å². The molecule has 0 saturated heterocycles. The zero-order valence-corrected chi connectivity index (χ0v) is 18.2.